The highest BCUT2D eigenvalue weighted by atomic mass is 32.2. The van der Waals surface area contributed by atoms with Crippen molar-refractivity contribution in [2.75, 3.05) is 11.5 Å². The first-order chi connectivity index (χ1) is 12.4. The lowest BCUT2D eigenvalue weighted by molar-refractivity contribution is 0.207. The first-order valence-electron chi connectivity index (χ1n) is 8.61. The summed E-state index contributed by atoms with van der Waals surface area (Å²) >= 11 is 2.75. The molecule has 2 atom stereocenters. The van der Waals surface area contributed by atoms with E-state index in [0.717, 1.165) is 36.1 Å². The molecule has 4 rings (SSSR count). The van der Waals surface area contributed by atoms with E-state index in [4.69, 9.17) is 4.98 Å². The van der Waals surface area contributed by atoms with Gasteiger partial charge in [-0.15, -0.1) is 17.9 Å². The molecule has 1 fully saturated rings. The third-order valence-corrected chi connectivity index (χ3v) is 9.30. The maximum atomic E-state index is 13.1. The number of rotatable bonds is 4. The maximum Gasteiger partial charge on any atom is 0.263 e. The van der Waals surface area contributed by atoms with Crippen LogP contribution in [0.25, 0.3) is 10.2 Å². The molecule has 0 bridgehead atoms. The summed E-state index contributed by atoms with van der Waals surface area (Å²) in [4.78, 5) is 19.8. The van der Waals surface area contributed by atoms with Crippen LogP contribution in [0.3, 0.4) is 0 Å². The summed E-state index contributed by atoms with van der Waals surface area (Å²) in [5, 5.41) is 10.7. The largest absolute Gasteiger partial charge is 0.391 e. The highest BCUT2D eigenvalue weighted by Gasteiger charge is 2.38. The second-order valence-corrected chi connectivity index (χ2v) is 11.2. The fourth-order valence-electron chi connectivity index (χ4n) is 3.64. The van der Waals surface area contributed by atoms with Crippen LogP contribution in [0, 0.1) is 0 Å². The van der Waals surface area contributed by atoms with E-state index < -0.39 is 21.2 Å². The van der Waals surface area contributed by atoms with Crippen LogP contribution in [0.4, 0.5) is 0 Å². The number of thiophene rings is 1. The maximum absolute atomic E-state index is 13.1. The van der Waals surface area contributed by atoms with Crippen LogP contribution in [0.2, 0.25) is 0 Å². The zero-order valence-electron chi connectivity index (χ0n) is 14.2. The van der Waals surface area contributed by atoms with Crippen LogP contribution in [-0.4, -0.2) is 45.9 Å². The Morgan fingerprint density at radius 2 is 2.12 bits per heavy atom. The van der Waals surface area contributed by atoms with Crippen LogP contribution in [0.5, 0.6) is 0 Å². The summed E-state index contributed by atoms with van der Waals surface area (Å²) in [5.41, 5.74) is 1.04. The average Bonchev–Trinajstić information content (AvgIpc) is 3.07. The minimum absolute atomic E-state index is 0.0906. The smallest absolute Gasteiger partial charge is 0.263 e. The first-order valence-corrected chi connectivity index (χ1v) is 12.1. The molecule has 0 saturated carbocycles. The molecule has 1 N–H and O–H groups in total. The van der Waals surface area contributed by atoms with Crippen LogP contribution in [0.15, 0.2) is 22.6 Å². The van der Waals surface area contributed by atoms with E-state index in [0.29, 0.717) is 17.1 Å². The molecule has 0 spiro atoms. The summed E-state index contributed by atoms with van der Waals surface area (Å²) in [5.74, 6) is -0.326. The molecule has 0 amide bonds. The van der Waals surface area contributed by atoms with E-state index in [1.165, 1.54) is 16.6 Å². The van der Waals surface area contributed by atoms with E-state index in [-0.39, 0.29) is 17.1 Å². The predicted molar refractivity (Wildman–Crippen MR) is 105 cm³/mol. The number of fused-ring (bicyclic) bond motifs is 3. The van der Waals surface area contributed by atoms with Crippen LogP contribution in [0.1, 0.15) is 23.3 Å². The molecule has 1 aliphatic carbocycles. The van der Waals surface area contributed by atoms with Gasteiger partial charge in [-0.25, -0.2) is 13.4 Å². The highest BCUT2D eigenvalue weighted by Crippen LogP contribution is 2.36. The molecule has 140 valence electrons. The minimum atomic E-state index is -3.25. The standard InChI is InChI=1S/C17H20N2O4S3/c1-2-7-19-16(21)14-10-5-3-4-6-12(10)24-15(14)18-17(19)25-13-9-26(22,23)8-11(13)20/h2,11,13,20H,1,3-9H2/t11-,13-/m1/s1. The molecule has 6 nitrogen and oxygen atoms in total. The number of aryl methyl sites for hydroxylation is 2. The average molecular weight is 413 g/mol. The molecule has 26 heavy (non-hydrogen) atoms. The number of allylic oxidation sites excluding steroid dienone is 1. The Bertz CT molecular complexity index is 1040. The van der Waals surface area contributed by atoms with Crippen molar-refractivity contribution in [1.82, 2.24) is 9.55 Å². The van der Waals surface area contributed by atoms with Crippen molar-refractivity contribution in [1.29, 1.82) is 0 Å². The fourth-order valence-corrected chi connectivity index (χ4v) is 8.53. The Morgan fingerprint density at radius 1 is 1.35 bits per heavy atom. The lowest BCUT2D eigenvalue weighted by Gasteiger charge is -2.16. The summed E-state index contributed by atoms with van der Waals surface area (Å²) < 4.78 is 25.1. The van der Waals surface area contributed by atoms with Gasteiger partial charge in [-0.3, -0.25) is 9.36 Å². The third kappa shape index (κ3) is 3.15. The van der Waals surface area contributed by atoms with Gasteiger partial charge in [0.05, 0.1) is 28.2 Å². The number of hydrogen-bond donors (Lipinski definition) is 1. The van der Waals surface area contributed by atoms with E-state index in [1.54, 1.807) is 22.0 Å². The SMILES string of the molecule is C=CCn1c(S[C@@H]2CS(=O)(=O)C[C@H]2O)nc2sc3c(c2c1=O)CCCC3. The zero-order chi connectivity index (χ0) is 18.5. The van der Waals surface area contributed by atoms with Crippen molar-refractivity contribution in [2.45, 2.75) is 48.7 Å². The Morgan fingerprint density at radius 3 is 2.81 bits per heavy atom. The zero-order valence-corrected chi connectivity index (χ0v) is 16.6. The quantitative estimate of drug-likeness (QED) is 0.608. The lowest BCUT2D eigenvalue weighted by Crippen LogP contribution is -2.26. The number of nitrogens with zero attached hydrogens (tertiary/aromatic N) is 2. The minimum Gasteiger partial charge on any atom is -0.391 e. The Labute approximate surface area is 159 Å². The Hall–Kier alpha value is -1.16. The van der Waals surface area contributed by atoms with Gasteiger partial charge >= 0.3 is 0 Å². The second-order valence-electron chi connectivity index (χ2n) is 6.79. The van der Waals surface area contributed by atoms with Gasteiger partial charge in [-0.2, -0.15) is 0 Å². The van der Waals surface area contributed by atoms with Crippen molar-refractivity contribution in [3.05, 3.63) is 33.4 Å². The molecule has 0 radical (unpaired) electrons. The Kier molecular flexibility index (Phi) is 4.75. The molecule has 2 aliphatic rings. The van der Waals surface area contributed by atoms with Crippen molar-refractivity contribution in [3.8, 4) is 0 Å². The van der Waals surface area contributed by atoms with E-state index in [9.17, 15) is 18.3 Å². The first kappa shape index (κ1) is 18.2. The van der Waals surface area contributed by atoms with Gasteiger partial charge in [0.15, 0.2) is 15.0 Å². The van der Waals surface area contributed by atoms with Crippen molar-refractivity contribution in [3.63, 3.8) is 0 Å². The summed E-state index contributed by atoms with van der Waals surface area (Å²) in [6, 6.07) is 0. The molecule has 1 saturated heterocycles. The number of sulfone groups is 1. The van der Waals surface area contributed by atoms with Gasteiger partial charge in [0, 0.05) is 11.4 Å². The van der Waals surface area contributed by atoms with Gasteiger partial charge in [0.2, 0.25) is 0 Å². The number of thioether (sulfide) groups is 1. The predicted octanol–water partition coefficient (Wildman–Crippen LogP) is 1.77. The van der Waals surface area contributed by atoms with E-state index >= 15 is 0 Å². The third-order valence-electron chi connectivity index (χ3n) is 4.88. The van der Waals surface area contributed by atoms with Crippen molar-refractivity contribution >= 4 is 43.2 Å². The van der Waals surface area contributed by atoms with Crippen molar-refractivity contribution in [2.24, 2.45) is 0 Å². The molecular weight excluding hydrogens is 392 g/mol. The normalized spacial score (nSPS) is 24.7. The van der Waals surface area contributed by atoms with Crippen LogP contribution in [-0.2, 0) is 29.2 Å². The van der Waals surface area contributed by atoms with Crippen LogP contribution >= 0.6 is 23.1 Å². The fraction of sp³-hybridized carbons (Fsp3) is 0.529. The van der Waals surface area contributed by atoms with Gasteiger partial charge in [-0.1, -0.05) is 17.8 Å². The molecular formula is C17H20N2O4S3. The molecule has 0 unspecified atom stereocenters. The van der Waals surface area contributed by atoms with Gasteiger partial charge in [0.25, 0.3) is 5.56 Å². The van der Waals surface area contributed by atoms with Gasteiger partial charge in [0.1, 0.15) is 4.83 Å². The Balaban J connectivity index is 1.82. The number of aliphatic hydroxyl groups excluding tert-OH is 1. The summed E-state index contributed by atoms with van der Waals surface area (Å²) in [6.45, 7) is 4.03. The molecule has 2 aromatic rings. The number of aromatic nitrogens is 2. The van der Waals surface area contributed by atoms with Crippen molar-refractivity contribution < 1.29 is 13.5 Å². The molecule has 3 heterocycles. The lowest BCUT2D eigenvalue weighted by atomic mass is 9.97. The summed E-state index contributed by atoms with van der Waals surface area (Å²) in [6.07, 6.45) is 4.81. The second kappa shape index (κ2) is 6.78. The number of hydrogen-bond acceptors (Lipinski definition) is 7. The van der Waals surface area contributed by atoms with E-state index in [1.807, 2.05) is 0 Å². The van der Waals surface area contributed by atoms with E-state index in [2.05, 4.69) is 6.58 Å². The molecule has 2 aromatic heterocycles. The van der Waals surface area contributed by atoms with Crippen LogP contribution < -0.4 is 5.56 Å². The molecule has 1 aliphatic heterocycles. The monoisotopic (exact) mass is 412 g/mol. The molecule has 9 heteroatoms. The topological polar surface area (TPSA) is 89.3 Å². The highest BCUT2D eigenvalue weighted by molar-refractivity contribution is 8.01. The summed E-state index contributed by atoms with van der Waals surface area (Å²) in [7, 11) is -3.25. The van der Waals surface area contributed by atoms with Gasteiger partial charge in [-0.05, 0) is 31.2 Å². The molecule has 0 aromatic carbocycles. The number of aliphatic hydroxyl groups is 1. The van der Waals surface area contributed by atoms with Gasteiger partial charge < -0.3 is 5.11 Å².